The minimum absolute atomic E-state index is 0.0517. The zero-order valence-corrected chi connectivity index (χ0v) is 18.2. The van der Waals surface area contributed by atoms with E-state index >= 15 is 0 Å². The number of benzene rings is 1. The second-order valence-electron chi connectivity index (χ2n) is 7.27. The molecule has 1 aromatic carbocycles. The first kappa shape index (κ1) is 20.6. The lowest BCUT2D eigenvalue weighted by atomic mass is 10.0. The lowest BCUT2D eigenvalue weighted by molar-refractivity contribution is 0.0626. The van der Waals surface area contributed by atoms with Crippen molar-refractivity contribution < 1.29 is 28.2 Å². The number of halogens is 1. The zero-order chi connectivity index (χ0) is 21.1. The lowest BCUT2D eigenvalue weighted by Gasteiger charge is -2.35. The van der Waals surface area contributed by atoms with Crippen LogP contribution in [0.2, 0.25) is 0 Å². The highest BCUT2D eigenvalue weighted by Crippen LogP contribution is 2.25. The summed E-state index contributed by atoms with van der Waals surface area (Å²) in [6, 6.07) is 10.7. The maximum Gasteiger partial charge on any atom is 0.410 e. The summed E-state index contributed by atoms with van der Waals surface area (Å²) in [5.41, 5.74) is 0. The van der Waals surface area contributed by atoms with Crippen LogP contribution in [0, 0.1) is 0 Å². The van der Waals surface area contributed by atoms with Crippen molar-refractivity contribution in [1.29, 1.82) is 0 Å². The van der Waals surface area contributed by atoms with Gasteiger partial charge in [-0.15, -0.1) is 0 Å². The van der Waals surface area contributed by atoms with Crippen LogP contribution < -0.4 is 9.47 Å². The van der Waals surface area contributed by atoms with E-state index in [1.807, 2.05) is 24.3 Å². The average Bonchev–Trinajstić information content (AvgIpc) is 3.37. The quantitative estimate of drug-likeness (QED) is 0.631. The van der Waals surface area contributed by atoms with E-state index in [0.29, 0.717) is 55.3 Å². The fraction of sp³-hybridized carbons (Fsp3) is 0.429. The summed E-state index contributed by atoms with van der Waals surface area (Å²) in [6.07, 6.45) is 0.765. The third-order valence-electron chi connectivity index (χ3n) is 5.37. The number of carbonyl (C=O) groups excluding carboxylic acids is 2. The van der Waals surface area contributed by atoms with E-state index in [-0.39, 0.29) is 24.1 Å². The molecule has 0 radical (unpaired) electrons. The SMILES string of the molecule is COc1ccc(OCC2CN(C3CCN(C(=O)c4ccc(Br)o4)CC3)C(=O)O2)cc1. The largest absolute Gasteiger partial charge is 0.497 e. The molecule has 2 aliphatic heterocycles. The number of hydrogen-bond acceptors (Lipinski definition) is 6. The van der Waals surface area contributed by atoms with Gasteiger partial charge in [0.25, 0.3) is 5.91 Å². The summed E-state index contributed by atoms with van der Waals surface area (Å²) >= 11 is 3.21. The number of piperidine rings is 1. The van der Waals surface area contributed by atoms with Gasteiger partial charge >= 0.3 is 6.09 Å². The second-order valence-corrected chi connectivity index (χ2v) is 8.05. The van der Waals surface area contributed by atoms with Gasteiger partial charge in [0.1, 0.15) is 18.1 Å². The van der Waals surface area contributed by atoms with Crippen molar-refractivity contribution in [3.63, 3.8) is 0 Å². The van der Waals surface area contributed by atoms with Gasteiger partial charge in [0, 0.05) is 19.1 Å². The number of nitrogens with zero attached hydrogens (tertiary/aromatic N) is 2. The van der Waals surface area contributed by atoms with Crippen molar-refractivity contribution in [3.05, 3.63) is 46.8 Å². The molecule has 2 aliphatic rings. The van der Waals surface area contributed by atoms with Gasteiger partial charge in [-0.3, -0.25) is 4.79 Å². The van der Waals surface area contributed by atoms with Gasteiger partial charge in [-0.2, -0.15) is 0 Å². The molecule has 0 bridgehead atoms. The van der Waals surface area contributed by atoms with Crippen molar-refractivity contribution in [2.75, 3.05) is 33.4 Å². The molecule has 0 spiro atoms. The standard InChI is InChI=1S/C21H23BrN2O6/c1-27-15-2-4-16(5-3-15)28-13-17-12-24(21(26)29-17)14-8-10-23(11-9-14)20(25)18-6-7-19(22)30-18/h2-7,14,17H,8-13H2,1H3. The van der Waals surface area contributed by atoms with E-state index in [1.54, 1.807) is 29.0 Å². The van der Waals surface area contributed by atoms with Gasteiger partial charge in [-0.1, -0.05) is 0 Å². The Hall–Kier alpha value is -2.68. The maximum atomic E-state index is 12.5. The Morgan fingerprint density at radius 3 is 2.47 bits per heavy atom. The first-order valence-corrected chi connectivity index (χ1v) is 10.6. The normalized spacial score (nSPS) is 19.7. The molecule has 2 aromatic rings. The first-order valence-electron chi connectivity index (χ1n) is 9.82. The third kappa shape index (κ3) is 4.56. The van der Waals surface area contributed by atoms with Crippen molar-refractivity contribution in [2.45, 2.75) is 25.0 Å². The van der Waals surface area contributed by atoms with Gasteiger partial charge in [-0.25, -0.2) is 4.79 Å². The number of amides is 2. The number of likely N-dealkylation sites (tertiary alicyclic amines) is 1. The molecule has 2 amide bonds. The number of methoxy groups -OCH3 is 1. The Kier molecular flexibility index (Phi) is 6.17. The number of carbonyl (C=O) groups is 2. The minimum atomic E-state index is -0.321. The molecule has 2 fully saturated rings. The summed E-state index contributed by atoms with van der Waals surface area (Å²) in [5.74, 6) is 1.64. The molecule has 9 heteroatoms. The number of ether oxygens (including phenoxy) is 3. The summed E-state index contributed by atoms with van der Waals surface area (Å²) in [4.78, 5) is 28.4. The Bertz CT molecular complexity index is 891. The molecular formula is C21H23BrN2O6. The van der Waals surface area contributed by atoms with E-state index in [4.69, 9.17) is 18.6 Å². The Labute approximate surface area is 182 Å². The van der Waals surface area contributed by atoms with Crippen LogP contribution in [0.3, 0.4) is 0 Å². The van der Waals surface area contributed by atoms with Crippen molar-refractivity contribution >= 4 is 27.9 Å². The number of cyclic esters (lactones) is 1. The van der Waals surface area contributed by atoms with E-state index in [9.17, 15) is 9.59 Å². The smallest absolute Gasteiger partial charge is 0.410 e. The Morgan fingerprint density at radius 1 is 1.13 bits per heavy atom. The van der Waals surface area contributed by atoms with E-state index in [0.717, 1.165) is 5.75 Å². The molecule has 1 unspecified atom stereocenters. The molecule has 4 rings (SSSR count). The van der Waals surface area contributed by atoms with Crippen LogP contribution in [0.5, 0.6) is 11.5 Å². The van der Waals surface area contributed by atoms with Gasteiger partial charge < -0.3 is 28.4 Å². The van der Waals surface area contributed by atoms with Crippen molar-refractivity contribution in [2.24, 2.45) is 0 Å². The lowest BCUT2D eigenvalue weighted by Crippen LogP contribution is -2.47. The summed E-state index contributed by atoms with van der Waals surface area (Å²) in [5, 5.41) is 0. The molecule has 8 nitrogen and oxygen atoms in total. The van der Waals surface area contributed by atoms with Crippen LogP contribution in [-0.4, -0.2) is 67.3 Å². The molecule has 0 aliphatic carbocycles. The number of furan rings is 1. The highest BCUT2D eigenvalue weighted by Gasteiger charge is 2.38. The van der Waals surface area contributed by atoms with Gasteiger partial charge in [0.2, 0.25) is 0 Å². The summed E-state index contributed by atoms with van der Waals surface area (Å²) < 4.78 is 22.2. The third-order valence-corrected chi connectivity index (χ3v) is 5.80. The average molecular weight is 479 g/mol. The Morgan fingerprint density at radius 2 is 1.83 bits per heavy atom. The molecular weight excluding hydrogens is 456 g/mol. The fourth-order valence-corrected chi connectivity index (χ4v) is 4.06. The summed E-state index contributed by atoms with van der Waals surface area (Å²) in [7, 11) is 1.61. The van der Waals surface area contributed by atoms with E-state index in [2.05, 4.69) is 15.9 Å². The monoisotopic (exact) mass is 478 g/mol. The van der Waals surface area contributed by atoms with Crippen molar-refractivity contribution in [3.8, 4) is 11.5 Å². The summed E-state index contributed by atoms with van der Waals surface area (Å²) in [6.45, 7) is 1.91. The highest BCUT2D eigenvalue weighted by molar-refractivity contribution is 9.10. The molecule has 30 heavy (non-hydrogen) atoms. The van der Waals surface area contributed by atoms with Crippen LogP contribution in [0.4, 0.5) is 4.79 Å². The predicted molar refractivity (Wildman–Crippen MR) is 111 cm³/mol. The van der Waals surface area contributed by atoms with Crippen LogP contribution in [0.15, 0.2) is 45.5 Å². The number of hydrogen-bond donors (Lipinski definition) is 0. The van der Waals surface area contributed by atoms with Crippen LogP contribution in [0.1, 0.15) is 23.4 Å². The van der Waals surface area contributed by atoms with E-state index < -0.39 is 0 Å². The molecule has 160 valence electrons. The minimum Gasteiger partial charge on any atom is -0.497 e. The predicted octanol–water partition coefficient (Wildman–Crippen LogP) is 3.56. The highest BCUT2D eigenvalue weighted by atomic mass is 79.9. The van der Waals surface area contributed by atoms with Gasteiger partial charge in [-0.05, 0) is 65.2 Å². The van der Waals surface area contributed by atoms with Crippen LogP contribution in [0.25, 0.3) is 0 Å². The molecule has 1 atom stereocenters. The van der Waals surface area contributed by atoms with Gasteiger partial charge in [0.15, 0.2) is 16.5 Å². The molecule has 1 aromatic heterocycles. The second kappa shape index (κ2) is 8.99. The topological polar surface area (TPSA) is 81.5 Å². The Balaban J connectivity index is 1.26. The zero-order valence-electron chi connectivity index (χ0n) is 16.6. The fourth-order valence-electron chi connectivity index (χ4n) is 3.75. The van der Waals surface area contributed by atoms with Gasteiger partial charge in [0.05, 0.1) is 13.7 Å². The van der Waals surface area contributed by atoms with Crippen molar-refractivity contribution in [1.82, 2.24) is 9.80 Å². The van der Waals surface area contributed by atoms with Crippen LogP contribution >= 0.6 is 15.9 Å². The first-order chi connectivity index (χ1) is 14.5. The maximum absolute atomic E-state index is 12.5. The molecule has 0 saturated carbocycles. The number of rotatable bonds is 6. The van der Waals surface area contributed by atoms with Crippen LogP contribution in [-0.2, 0) is 4.74 Å². The molecule has 3 heterocycles. The van der Waals surface area contributed by atoms with E-state index in [1.165, 1.54) is 0 Å². The molecule has 0 N–H and O–H groups in total. The molecule has 2 saturated heterocycles.